The van der Waals surface area contributed by atoms with Gasteiger partial charge in [0.15, 0.2) is 0 Å². The first-order valence-corrected chi connectivity index (χ1v) is 3.51. The highest BCUT2D eigenvalue weighted by molar-refractivity contribution is 4.76. The third-order valence-electron chi connectivity index (χ3n) is 1.50. The first-order chi connectivity index (χ1) is 3.98. The van der Waals surface area contributed by atoms with Crippen LogP contribution in [0, 0.1) is 0 Å². The van der Waals surface area contributed by atoms with Crippen LogP contribution in [0.2, 0.25) is 0 Å². The van der Waals surface area contributed by atoms with Crippen molar-refractivity contribution >= 4 is 0 Å². The van der Waals surface area contributed by atoms with E-state index in [9.17, 15) is 0 Å². The summed E-state index contributed by atoms with van der Waals surface area (Å²) in [6.45, 7) is 8.40. The van der Waals surface area contributed by atoms with Crippen molar-refractivity contribution in [2.75, 3.05) is 0 Å². The van der Waals surface area contributed by atoms with E-state index in [1.807, 2.05) is 6.92 Å². The van der Waals surface area contributed by atoms with Gasteiger partial charge in [-0.05, 0) is 27.2 Å². The summed E-state index contributed by atoms with van der Waals surface area (Å²) in [4.78, 5) is 0. The molecule has 0 heterocycles. The number of nitrogens with two attached hydrogens (primary N) is 1. The molecule has 0 rings (SSSR count). The molecule has 0 aliphatic heterocycles. The molecule has 9 heavy (non-hydrogen) atoms. The van der Waals surface area contributed by atoms with Gasteiger partial charge in [0.25, 0.3) is 0 Å². The monoisotopic (exact) mass is 130 g/mol. The van der Waals surface area contributed by atoms with Gasteiger partial charge in [0, 0.05) is 5.54 Å². The zero-order chi connectivity index (χ0) is 7.49. The zero-order valence-electron chi connectivity index (χ0n) is 6.86. The molecule has 0 aliphatic carbocycles. The zero-order valence-corrected chi connectivity index (χ0v) is 6.86. The van der Waals surface area contributed by atoms with Crippen LogP contribution in [0.15, 0.2) is 0 Å². The molecule has 0 aromatic rings. The summed E-state index contributed by atoms with van der Waals surface area (Å²) >= 11 is 0. The Hall–Kier alpha value is -0.0800. The Morgan fingerprint density at radius 1 is 1.56 bits per heavy atom. The summed E-state index contributed by atoms with van der Waals surface area (Å²) in [6.07, 6.45) is 1.20. The third kappa shape index (κ3) is 4.43. The van der Waals surface area contributed by atoms with Crippen molar-refractivity contribution in [2.45, 2.75) is 45.8 Å². The standard InChI is InChI=1S/C7H18N2/c1-5-7(3,4)9-6(2)8/h6,9H,5,8H2,1-4H3. The lowest BCUT2D eigenvalue weighted by Gasteiger charge is -2.26. The highest BCUT2D eigenvalue weighted by Gasteiger charge is 2.14. The molecular formula is C7H18N2. The van der Waals surface area contributed by atoms with E-state index in [2.05, 4.69) is 26.1 Å². The molecule has 0 aromatic heterocycles. The Morgan fingerprint density at radius 2 is 2.00 bits per heavy atom. The van der Waals surface area contributed by atoms with Gasteiger partial charge in [-0.25, -0.2) is 0 Å². The molecule has 0 saturated carbocycles. The molecule has 0 fully saturated rings. The van der Waals surface area contributed by atoms with Crippen LogP contribution in [-0.2, 0) is 0 Å². The van der Waals surface area contributed by atoms with Crippen LogP contribution in [0.4, 0.5) is 0 Å². The Bertz CT molecular complexity index is 77.0. The lowest BCUT2D eigenvalue weighted by Crippen LogP contribution is -2.48. The average molecular weight is 130 g/mol. The van der Waals surface area contributed by atoms with Crippen molar-refractivity contribution in [3.8, 4) is 0 Å². The molecule has 0 bridgehead atoms. The van der Waals surface area contributed by atoms with Crippen LogP contribution in [0.1, 0.15) is 34.1 Å². The quantitative estimate of drug-likeness (QED) is 0.561. The predicted octanol–water partition coefficient (Wildman–Crippen LogP) is 1.07. The van der Waals surface area contributed by atoms with Gasteiger partial charge in [0.1, 0.15) is 0 Å². The number of hydrogen-bond donors (Lipinski definition) is 2. The maximum Gasteiger partial charge on any atom is 0.0521 e. The highest BCUT2D eigenvalue weighted by Crippen LogP contribution is 2.06. The largest absolute Gasteiger partial charge is 0.316 e. The number of hydrogen-bond acceptors (Lipinski definition) is 2. The second-order valence-electron chi connectivity index (χ2n) is 3.17. The molecular weight excluding hydrogens is 112 g/mol. The fourth-order valence-corrected chi connectivity index (χ4v) is 0.718. The van der Waals surface area contributed by atoms with Crippen molar-refractivity contribution in [1.82, 2.24) is 5.32 Å². The van der Waals surface area contributed by atoms with Crippen LogP contribution in [-0.4, -0.2) is 11.7 Å². The summed E-state index contributed by atoms with van der Waals surface area (Å²) < 4.78 is 0. The van der Waals surface area contributed by atoms with Gasteiger partial charge in [0.05, 0.1) is 6.17 Å². The van der Waals surface area contributed by atoms with Gasteiger partial charge in [0.2, 0.25) is 0 Å². The third-order valence-corrected chi connectivity index (χ3v) is 1.50. The second-order valence-corrected chi connectivity index (χ2v) is 3.17. The van der Waals surface area contributed by atoms with E-state index in [0.29, 0.717) is 0 Å². The fraction of sp³-hybridized carbons (Fsp3) is 1.00. The van der Waals surface area contributed by atoms with Crippen LogP contribution in [0.5, 0.6) is 0 Å². The van der Waals surface area contributed by atoms with E-state index in [1.54, 1.807) is 0 Å². The van der Waals surface area contributed by atoms with Crippen LogP contribution >= 0.6 is 0 Å². The molecule has 0 aromatic carbocycles. The van der Waals surface area contributed by atoms with Crippen molar-refractivity contribution in [2.24, 2.45) is 5.73 Å². The summed E-state index contributed by atoms with van der Waals surface area (Å²) in [5.74, 6) is 0. The molecule has 3 N–H and O–H groups in total. The predicted molar refractivity (Wildman–Crippen MR) is 41.2 cm³/mol. The molecule has 0 spiro atoms. The average Bonchev–Trinajstić information content (AvgIpc) is 1.63. The molecule has 0 radical (unpaired) electrons. The van der Waals surface area contributed by atoms with E-state index in [-0.39, 0.29) is 11.7 Å². The van der Waals surface area contributed by atoms with Crippen molar-refractivity contribution in [3.05, 3.63) is 0 Å². The topological polar surface area (TPSA) is 38.0 Å². The Kier molecular flexibility index (Phi) is 3.15. The van der Waals surface area contributed by atoms with Gasteiger partial charge in [-0.2, -0.15) is 0 Å². The van der Waals surface area contributed by atoms with Gasteiger partial charge >= 0.3 is 0 Å². The summed E-state index contributed by atoms with van der Waals surface area (Å²) in [5, 5.41) is 3.25. The van der Waals surface area contributed by atoms with Gasteiger partial charge in [-0.3, -0.25) is 5.32 Å². The molecule has 0 amide bonds. The van der Waals surface area contributed by atoms with Crippen LogP contribution < -0.4 is 11.1 Å². The molecule has 0 aliphatic rings. The van der Waals surface area contributed by atoms with Gasteiger partial charge in [-0.15, -0.1) is 0 Å². The highest BCUT2D eigenvalue weighted by atomic mass is 15.1. The van der Waals surface area contributed by atoms with E-state index in [1.165, 1.54) is 0 Å². The van der Waals surface area contributed by atoms with E-state index in [4.69, 9.17) is 5.73 Å². The van der Waals surface area contributed by atoms with Gasteiger partial charge < -0.3 is 5.73 Å². The first-order valence-electron chi connectivity index (χ1n) is 3.51. The summed E-state index contributed by atoms with van der Waals surface area (Å²) in [5.41, 5.74) is 5.73. The van der Waals surface area contributed by atoms with Gasteiger partial charge in [-0.1, -0.05) is 6.92 Å². The molecule has 56 valence electrons. The second kappa shape index (κ2) is 3.18. The van der Waals surface area contributed by atoms with Crippen LogP contribution in [0.3, 0.4) is 0 Å². The minimum absolute atomic E-state index is 0.0972. The lowest BCUT2D eigenvalue weighted by molar-refractivity contribution is 0.338. The maximum absolute atomic E-state index is 5.54. The normalized spacial score (nSPS) is 15.7. The number of rotatable bonds is 3. The Balaban J connectivity index is 3.58. The van der Waals surface area contributed by atoms with E-state index >= 15 is 0 Å². The molecule has 2 heteroatoms. The SMILES string of the molecule is CCC(C)(C)NC(C)N. The Labute approximate surface area is 57.8 Å². The number of nitrogens with one attached hydrogen (secondary N) is 1. The molecule has 1 atom stereocenters. The first kappa shape index (κ1) is 8.92. The molecule has 2 nitrogen and oxygen atoms in total. The van der Waals surface area contributed by atoms with Crippen molar-refractivity contribution in [3.63, 3.8) is 0 Å². The minimum atomic E-state index is 0.0972. The fourth-order valence-electron chi connectivity index (χ4n) is 0.718. The Morgan fingerprint density at radius 3 is 2.11 bits per heavy atom. The van der Waals surface area contributed by atoms with Crippen LogP contribution in [0.25, 0.3) is 0 Å². The maximum atomic E-state index is 5.54. The lowest BCUT2D eigenvalue weighted by atomic mass is 10.0. The summed E-state index contributed by atoms with van der Waals surface area (Å²) in [7, 11) is 0. The van der Waals surface area contributed by atoms with Crippen molar-refractivity contribution < 1.29 is 0 Å². The van der Waals surface area contributed by atoms with E-state index in [0.717, 1.165) is 6.42 Å². The molecule has 1 unspecified atom stereocenters. The van der Waals surface area contributed by atoms with Crippen molar-refractivity contribution in [1.29, 1.82) is 0 Å². The minimum Gasteiger partial charge on any atom is -0.316 e. The summed E-state index contributed by atoms with van der Waals surface area (Å²) in [6, 6.07) is 0. The smallest absolute Gasteiger partial charge is 0.0521 e. The molecule has 0 saturated heterocycles. The van der Waals surface area contributed by atoms with E-state index < -0.39 is 0 Å².